The van der Waals surface area contributed by atoms with E-state index in [2.05, 4.69) is 10.6 Å². The molecule has 0 spiro atoms. The normalized spacial score (nSPS) is 22.9. The maximum absolute atomic E-state index is 13.2. The van der Waals surface area contributed by atoms with Gasteiger partial charge in [-0.05, 0) is 44.5 Å². The molecule has 1 aliphatic heterocycles. The van der Waals surface area contributed by atoms with Crippen molar-refractivity contribution >= 4 is 11.6 Å². The van der Waals surface area contributed by atoms with Gasteiger partial charge in [0.15, 0.2) is 0 Å². The summed E-state index contributed by atoms with van der Waals surface area (Å²) in [4.78, 5) is 12.1. The second kappa shape index (κ2) is 6.01. The Bertz CT molecular complexity index is 530. The van der Waals surface area contributed by atoms with Crippen LogP contribution in [0.2, 0.25) is 0 Å². The summed E-state index contributed by atoms with van der Waals surface area (Å²) in [7, 11) is 0. The van der Waals surface area contributed by atoms with Gasteiger partial charge in [0.2, 0.25) is 5.91 Å². The summed E-state index contributed by atoms with van der Waals surface area (Å²) in [6.45, 7) is 2.68. The molecule has 2 unspecified atom stereocenters. The van der Waals surface area contributed by atoms with Crippen LogP contribution in [-0.2, 0) is 11.0 Å². The van der Waals surface area contributed by atoms with Crippen molar-refractivity contribution in [3.63, 3.8) is 0 Å². The topological polar surface area (TPSA) is 41.1 Å². The molecule has 1 aromatic rings. The van der Waals surface area contributed by atoms with Crippen molar-refractivity contribution in [3.05, 3.63) is 29.6 Å². The molecule has 1 fully saturated rings. The summed E-state index contributed by atoms with van der Waals surface area (Å²) < 4.78 is 51.0. The van der Waals surface area contributed by atoms with Gasteiger partial charge in [-0.15, -0.1) is 0 Å². The Kier molecular flexibility index (Phi) is 4.51. The molecule has 1 heterocycles. The van der Waals surface area contributed by atoms with E-state index in [0.717, 1.165) is 19.0 Å². The molecule has 2 atom stereocenters. The second-order valence-electron chi connectivity index (χ2n) is 5.17. The molecule has 0 saturated carbocycles. The van der Waals surface area contributed by atoms with Gasteiger partial charge < -0.3 is 10.6 Å². The maximum atomic E-state index is 13.2. The number of hydrogen-bond acceptors (Lipinski definition) is 2. The molecule has 7 heteroatoms. The van der Waals surface area contributed by atoms with Crippen molar-refractivity contribution in [1.29, 1.82) is 0 Å². The number of alkyl halides is 3. The van der Waals surface area contributed by atoms with E-state index in [4.69, 9.17) is 0 Å². The summed E-state index contributed by atoms with van der Waals surface area (Å²) in [6, 6.07) is 2.42. The van der Waals surface area contributed by atoms with E-state index >= 15 is 0 Å². The summed E-state index contributed by atoms with van der Waals surface area (Å²) in [5.74, 6) is -2.01. The molecule has 1 amide bonds. The van der Waals surface area contributed by atoms with Crippen molar-refractivity contribution in [2.45, 2.75) is 32.0 Å². The average Bonchev–Trinajstić information content (AvgIpc) is 2.40. The highest BCUT2D eigenvalue weighted by molar-refractivity contribution is 5.93. The van der Waals surface area contributed by atoms with E-state index in [1.54, 1.807) is 0 Å². The third-order valence-electron chi connectivity index (χ3n) is 3.64. The molecule has 1 saturated heterocycles. The first-order chi connectivity index (χ1) is 9.79. The third-order valence-corrected chi connectivity index (χ3v) is 3.64. The number of halogens is 4. The van der Waals surface area contributed by atoms with Crippen molar-refractivity contribution < 1.29 is 22.4 Å². The molecular formula is C14H16F4N2O. The number of benzene rings is 1. The fourth-order valence-electron chi connectivity index (χ4n) is 2.46. The molecule has 0 aliphatic carbocycles. The molecule has 0 radical (unpaired) electrons. The minimum atomic E-state index is -4.79. The Morgan fingerprint density at radius 3 is 2.71 bits per heavy atom. The van der Waals surface area contributed by atoms with Gasteiger partial charge in [-0.3, -0.25) is 4.79 Å². The van der Waals surface area contributed by atoms with E-state index < -0.39 is 17.6 Å². The van der Waals surface area contributed by atoms with Gasteiger partial charge in [0.05, 0.1) is 11.5 Å². The molecule has 3 nitrogen and oxygen atoms in total. The first-order valence-corrected chi connectivity index (χ1v) is 6.70. The van der Waals surface area contributed by atoms with Crippen molar-refractivity contribution in [3.8, 4) is 0 Å². The van der Waals surface area contributed by atoms with Crippen LogP contribution in [0.1, 0.15) is 25.3 Å². The molecule has 116 valence electrons. The predicted octanol–water partition coefficient (Wildman–Crippen LogP) is 3.17. The standard InChI is InChI=1S/C14H16F4N2O/c1-8-10(3-2-6-19-8)13(21)20-9-4-5-12(15)11(7-9)14(16,17)18/h4-5,7-8,10,19H,2-3,6H2,1H3,(H,20,21). The number of piperidine rings is 1. The largest absolute Gasteiger partial charge is 0.419 e. The van der Waals surface area contributed by atoms with Gasteiger partial charge >= 0.3 is 6.18 Å². The van der Waals surface area contributed by atoms with Gasteiger partial charge in [-0.25, -0.2) is 4.39 Å². The summed E-state index contributed by atoms with van der Waals surface area (Å²) in [5, 5.41) is 5.58. The van der Waals surface area contributed by atoms with Crippen LogP contribution in [0.5, 0.6) is 0 Å². The molecular weight excluding hydrogens is 288 g/mol. The number of amides is 1. The molecule has 0 bridgehead atoms. The van der Waals surface area contributed by atoms with Crippen LogP contribution in [-0.4, -0.2) is 18.5 Å². The van der Waals surface area contributed by atoms with E-state index in [1.807, 2.05) is 6.92 Å². The monoisotopic (exact) mass is 304 g/mol. The van der Waals surface area contributed by atoms with Crippen LogP contribution < -0.4 is 10.6 Å². The number of carbonyl (C=O) groups is 1. The van der Waals surface area contributed by atoms with Crippen LogP contribution in [0, 0.1) is 11.7 Å². The van der Waals surface area contributed by atoms with E-state index in [9.17, 15) is 22.4 Å². The number of hydrogen-bond donors (Lipinski definition) is 2. The minimum Gasteiger partial charge on any atom is -0.326 e. The van der Waals surface area contributed by atoms with Gasteiger partial charge in [-0.1, -0.05) is 0 Å². The lowest BCUT2D eigenvalue weighted by molar-refractivity contribution is -0.140. The van der Waals surface area contributed by atoms with E-state index in [-0.39, 0.29) is 23.6 Å². The predicted molar refractivity (Wildman–Crippen MR) is 70.2 cm³/mol. The Hall–Kier alpha value is -1.63. The van der Waals surface area contributed by atoms with Gasteiger partial charge in [-0.2, -0.15) is 13.2 Å². The molecule has 2 N–H and O–H groups in total. The van der Waals surface area contributed by atoms with Crippen LogP contribution in [0.25, 0.3) is 0 Å². The Balaban J connectivity index is 2.14. The molecule has 1 aromatic carbocycles. The lowest BCUT2D eigenvalue weighted by Crippen LogP contribution is -2.44. The number of anilines is 1. The molecule has 1 aliphatic rings. The summed E-state index contributed by atoms with van der Waals surface area (Å²) >= 11 is 0. The highest BCUT2D eigenvalue weighted by Gasteiger charge is 2.34. The van der Waals surface area contributed by atoms with Crippen molar-refractivity contribution in [2.75, 3.05) is 11.9 Å². The van der Waals surface area contributed by atoms with Crippen LogP contribution in [0.3, 0.4) is 0 Å². The van der Waals surface area contributed by atoms with Crippen molar-refractivity contribution in [1.82, 2.24) is 5.32 Å². The fraction of sp³-hybridized carbons (Fsp3) is 0.500. The Morgan fingerprint density at radius 2 is 2.10 bits per heavy atom. The zero-order valence-corrected chi connectivity index (χ0v) is 11.4. The van der Waals surface area contributed by atoms with Crippen LogP contribution >= 0.6 is 0 Å². The van der Waals surface area contributed by atoms with E-state index in [1.165, 1.54) is 0 Å². The van der Waals surface area contributed by atoms with Gasteiger partial charge in [0.25, 0.3) is 0 Å². The lowest BCUT2D eigenvalue weighted by Gasteiger charge is -2.28. The van der Waals surface area contributed by atoms with Crippen molar-refractivity contribution in [2.24, 2.45) is 5.92 Å². The first-order valence-electron chi connectivity index (χ1n) is 6.70. The summed E-state index contributed by atoms with van der Waals surface area (Å²) in [6.07, 6.45) is -3.28. The quantitative estimate of drug-likeness (QED) is 0.824. The lowest BCUT2D eigenvalue weighted by atomic mass is 9.91. The average molecular weight is 304 g/mol. The fourth-order valence-corrected chi connectivity index (χ4v) is 2.46. The van der Waals surface area contributed by atoms with Gasteiger partial charge in [0.1, 0.15) is 5.82 Å². The number of carbonyl (C=O) groups excluding carboxylic acids is 1. The highest BCUT2D eigenvalue weighted by atomic mass is 19.4. The number of rotatable bonds is 2. The third kappa shape index (κ3) is 3.72. The number of nitrogens with one attached hydrogen (secondary N) is 2. The maximum Gasteiger partial charge on any atom is 0.419 e. The zero-order valence-electron chi connectivity index (χ0n) is 11.4. The van der Waals surface area contributed by atoms with Gasteiger partial charge in [0, 0.05) is 11.7 Å². The molecule has 0 aromatic heterocycles. The van der Waals surface area contributed by atoms with Crippen LogP contribution in [0.4, 0.5) is 23.2 Å². The SMILES string of the molecule is CC1NCCCC1C(=O)Nc1ccc(F)c(C(F)(F)F)c1. The second-order valence-corrected chi connectivity index (χ2v) is 5.17. The smallest absolute Gasteiger partial charge is 0.326 e. The molecule has 21 heavy (non-hydrogen) atoms. The minimum absolute atomic E-state index is 0.0405. The highest BCUT2D eigenvalue weighted by Crippen LogP contribution is 2.33. The van der Waals surface area contributed by atoms with E-state index in [0.29, 0.717) is 18.6 Å². The first kappa shape index (κ1) is 15.8. The Labute approximate surface area is 119 Å². The molecule has 2 rings (SSSR count). The zero-order chi connectivity index (χ0) is 15.6. The summed E-state index contributed by atoms with van der Waals surface area (Å²) in [5.41, 5.74) is -1.43. The Morgan fingerprint density at radius 1 is 1.38 bits per heavy atom. The van der Waals surface area contributed by atoms with Crippen LogP contribution in [0.15, 0.2) is 18.2 Å².